The Labute approximate surface area is 161 Å². The van der Waals surface area contributed by atoms with Crippen LogP contribution < -0.4 is 4.90 Å². The van der Waals surface area contributed by atoms with Crippen LogP contribution in [0, 0.1) is 27.7 Å². The monoisotopic (exact) mass is 361 g/mol. The third-order valence-electron chi connectivity index (χ3n) is 5.87. The van der Waals surface area contributed by atoms with Crippen LogP contribution in [-0.4, -0.2) is 41.7 Å². The van der Waals surface area contributed by atoms with Gasteiger partial charge < -0.3 is 9.80 Å². The van der Waals surface area contributed by atoms with Crippen molar-refractivity contribution in [1.29, 1.82) is 0 Å². The maximum absolute atomic E-state index is 13.3. The third-order valence-corrected chi connectivity index (χ3v) is 5.87. The van der Waals surface area contributed by atoms with E-state index in [9.17, 15) is 4.79 Å². The van der Waals surface area contributed by atoms with E-state index in [0.29, 0.717) is 0 Å². The predicted octanol–water partition coefficient (Wildman–Crippen LogP) is 4.67. The van der Waals surface area contributed by atoms with Crippen molar-refractivity contribution >= 4 is 22.6 Å². The van der Waals surface area contributed by atoms with E-state index in [0.717, 1.165) is 42.8 Å². The van der Waals surface area contributed by atoms with Crippen LogP contribution in [0.3, 0.4) is 0 Å². The van der Waals surface area contributed by atoms with Gasteiger partial charge in [-0.25, -0.2) is 4.79 Å². The third kappa shape index (κ3) is 2.99. The van der Waals surface area contributed by atoms with Crippen molar-refractivity contribution in [3.8, 4) is 0 Å². The molecule has 4 rings (SSSR count). The zero-order chi connectivity index (χ0) is 19.1. The average molecular weight is 361 g/mol. The van der Waals surface area contributed by atoms with Gasteiger partial charge >= 0.3 is 6.03 Å². The van der Waals surface area contributed by atoms with Gasteiger partial charge in [0.15, 0.2) is 0 Å². The minimum absolute atomic E-state index is 0.0948. The molecule has 1 aliphatic heterocycles. The van der Waals surface area contributed by atoms with Gasteiger partial charge in [0.2, 0.25) is 0 Å². The second kappa shape index (κ2) is 6.76. The second-order valence-corrected chi connectivity index (χ2v) is 7.61. The number of hydrogen-bond acceptors (Lipinski definition) is 2. The molecule has 1 fully saturated rings. The fraction of sp³-hybridized carbons (Fsp3) is 0.348. The number of fused-ring (bicyclic) bond motifs is 1. The summed E-state index contributed by atoms with van der Waals surface area (Å²) >= 11 is 0. The SMILES string of the molecule is Cc1ccc(C)c(N2CCN(C(=O)n3c(C)c(C)c4ccccc43)CC2)c1. The summed E-state index contributed by atoms with van der Waals surface area (Å²) in [6, 6.07) is 14.9. The van der Waals surface area contributed by atoms with E-state index < -0.39 is 0 Å². The van der Waals surface area contributed by atoms with E-state index in [1.165, 1.54) is 22.4 Å². The molecule has 1 amide bonds. The van der Waals surface area contributed by atoms with E-state index in [4.69, 9.17) is 0 Å². The maximum atomic E-state index is 13.3. The summed E-state index contributed by atoms with van der Waals surface area (Å²) in [6.45, 7) is 11.7. The number of amides is 1. The van der Waals surface area contributed by atoms with Crippen LogP contribution >= 0.6 is 0 Å². The first-order chi connectivity index (χ1) is 13.0. The van der Waals surface area contributed by atoms with Crippen LogP contribution in [0.25, 0.3) is 10.9 Å². The molecule has 1 saturated heterocycles. The maximum Gasteiger partial charge on any atom is 0.328 e. The molecular formula is C23H27N3O. The van der Waals surface area contributed by atoms with Gasteiger partial charge in [-0.15, -0.1) is 0 Å². The molecule has 0 unspecified atom stereocenters. The van der Waals surface area contributed by atoms with Crippen molar-refractivity contribution in [3.05, 3.63) is 64.8 Å². The number of piperazine rings is 1. The first-order valence-electron chi connectivity index (χ1n) is 9.65. The number of aryl methyl sites for hydroxylation is 3. The Morgan fingerprint density at radius 2 is 1.59 bits per heavy atom. The van der Waals surface area contributed by atoms with E-state index in [1.807, 2.05) is 34.6 Å². The fourth-order valence-corrected chi connectivity index (χ4v) is 4.12. The normalized spacial score (nSPS) is 14.8. The summed E-state index contributed by atoms with van der Waals surface area (Å²) in [7, 11) is 0. The number of aromatic nitrogens is 1. The predicted molar refractivity (Wildman–Crippen MR) is 112 cm³/mol. The van der Waals surface area contributed by atoms with Crippen LogP contribution in [0.2, 0.25) is 0 Å². The molecule has 140 valence electrons. The lowest BCUT2D eigenvalue weighted by Crippen LogP contribution is -2.50. The van der Waals surface area contributed by atoms with Crippen LogP contribution in [0.4, 0.5) is 10.5 Å². The van der Waals surface area contributed by atoms with Crippen LogP contribution in [0.1, 0.15) is 22.4 Å². The van der Waals surface area contributed by atoms with Gasteiger partial charge in [-0.1, -0.05) is 30.3 Å². The van der Waals surface area contributed by atoms with E-state index in [1.54, 1.807) is 0 Å². The Morgan fingerprint density at radius 1 is 0.889 bits per heavy atom. The van der Waals surface area contributed by atoms with Gasteiger partial charge in [0.05, 0.1) is 5.52 Å². The molecule has 0 N–H and O–H groups in total. The van der Waals surface area contributed by atoms with Crippen LogP contribution in [-0.2, 0) is 0 Å². The highest BCUT2D eigenvalue weighted by molar-refractivity contribution is 5.95. The number of hydrogen-bond donors (Lipinski definition) is 0. The molecule has 3 aromatic rings. The summed E-state index contributed by atoms with van der Waals surface area (Å²) < 4.78 is 1.89. The Hall–Kier alpha value is -2.75. The number of carbonyl (C=O) groups excluding carboxylic acids is 1. The van der Waals surface area contributed by atoms with Crippen LogP contribution in [0.15, 0.2) is 42.5 Å². The van der Waals surface area contributed by atoms with Gasteiger partial charge in [-0.2, -0.15) is 0 Å². The largest absolute Gasteiger partial charge is 0.368 e. The molecule has 0 saturated carbocycles. The molecule has 0 spiro atoms. The topological polar surface area (TPSA) is 28.5 Å². The lowest BCUT2D eigenvalue weighted by Gasteiger charge is -2.37. The molecule has 0 aliphatic carbocycles. The Kier molecular flexibility index (Phi) is 4.42. The number of para-hydroxylation sites is 1. The van der Waals surface area contributed by atoms with Gasteiger partial charge in [0.25, 0.3) is 0 Å². The zero-order valence-electron chi connectivity index (χ0n) is 16.6. The molecule has 0 atom stereocenters. The molecule has 4 heteroatoms. The summed E-state index contributed by atoms with van der Waals surface area (Å²) in [4.78, 5) is 17.7. The smallest absolute Gasteiger partial charge is 0.328 e. The molecule has 0 bridgehead atoms. The molecule has 2 aromatic carbocycles. The molecule has 1 aliphatic rings. The molecule has 2 heterocycles. The zero-order valence-corrected chi connectivity index (χ0v) is 16.6. The fourth-order valence-electron chi connectivity index (χ4n) is 4.12. The summed E-state index contributed by atoms with van der Waals surface area (Å²) in [6.07, 6.45) is 0. The number of nitrogens with zero attached hydrogens (tertiary/aromatic N) is 3. The van der Waals surface area contributed by atoms with E-state index >= 15 is 0 Å². The lowest BCUT2D eigenvalue weighted by molar-refractivity contribution is 0.196. The average Bonchev–Trinajstić information content (AvgIpc) is 2.94. The molecule has 4 nitrogen and oxygen atoms in total. The van der Waals surface area contributed by atoms with Gasteiger partial charge in [0.1, 0.15) is 0 Å². The van der Waals surface area contributed by atoms with E-state index in [2.05, 4.69) is 49.9 Å². The number of benzene rings is 2. The van der Waals surface area contributed by atoms with E-state index in [-0.39, 0.29) is 6.03 Å². The summed E-state index contributed by atoms with van der Waals surface area (Å²) in [5.74, 6) is 0. The first-order valence-corrected chi connectivity index (χ1v) is 9.65. The molecule has 27 heavy (non-hydrogen) atoms. The Morgan fingerprint density at radius 3 is 2.33 bits per heavy atom. The van der Waals surface area contributed by atoms with Gasteiger partial charge in [-0.05, 0) is 56.5 Å². The number of carbonyl (C=O) groups is 1. The van der Waals surface area contributed by atoms with Gasteiger partial charge in [-0.3, -0.25) is 4.57 Å². The summed E-state index contributed by atoms with van der Waals surface area (Å²) in [5.41, 5.74) is 7.10. The van der Waals surface area contributed by atoms with Crippen molar-refractivity contribution in [2.75, 3.05) is 31.1 Å². The molecule has 0 radical (unpaired) electrons. The minimum Gasteiger partial charge on any atom is -0.368 e. The van der Waals surface area contributed by atoms with Crippen molar-refractivity contribution < 1.29 is 4.79 Å². The lowest BCUT2D eigenvalue weighted by atomic mass is 10.1. The van der Waals surface area contributed by atoms with Crippen LogP contribution in [0.5, 0.6) is 0 Å². The quantitative estimate of drug-likeness (QED) is 0.630. The first kappa shape index (κ1) is 17.7. The number of rotatable bonds is 1. The highest BCUT2D eigenvalue weighted by Crippen LogP contribution is 2.27. The highest BCUT2D eigenvalue weighted by Gasteiger charge is 2.25. The Balaban J connectivity index is 1.56. The molecular weight excluding hydrogens is 334 g/mol. The Bertz CT molecular complexity index is 1010. The number of anilines is 1. The van der Waals surface area contributed by atoms with Gasteiger partial charge in [0, 0.05) is 42.9 Å². The molecule has 1 aromatic heterocycles. The highest BCUT2D eigenvalue weighted by atomic mass is 16.2. The van der Waals surface area contributed by atoms with Crippen molar-refractivity contribution in [1.82, 2.24) is 9.47 Å². The minimum atomic E-state index is 0.0948. The standard InChI is InChI=1S/C23H27N3O/c1-16-9-10-17(2)22(15-16)24-11-13-25(14-12-24)23(27)26-19(4)18(3)20-7-5-6-8-21(20)26/h5-10,15H,11-14H2,1-4H3. The second-order valence-electron chi connectivity index (χ2n) is 7.61. The van der Waals surface area contributed by atoms with Crippen molar-refractivity contribution in [2.45, 2.75) is 27.7 Å². The summed E-state index contributed by atoms with van der Waals surface area (Å²) in [5, 5.41) is 1.16. The van der Waals surface area contributed by atoms with Crippen molar-refractivity contribution in [3.63, 3.8) is 0 Å². The van der Waals surface area contributed by atoms with Crippen molar-refractivity contribution in [2.24, 2.45) is 0 Å².